The molecule has 0 aliphatic rings. The molecule has 0 saturated heterocycles. The highest BCUT2D eigenvalue weighted by Gasteiger charge is 2.26. The second kappa shape index (κ2) is 7.36. The molecule has 0 aliphatic heterocycles. The molecule has 0 aliphatic carbocycles. The maximum absolute atomic E-state index is 13.6. The molecule has 0 bridgehead atoms. The monoisotopic (exact) mass is 390 g/mol. The molecule has 144 valence electrons. The van der Waals surface area contributed by atoms with Gasteiger partial charge in [-0.1, -0.05) is 48.5 Å². The minimum atomic E-state index is -0.726. The summed E-state index contributed by atoms with van der Waals surface area (Å²) in [6, 6.07) is 18.5. The Morgan fingerprint density at radius 1 is 0.759 bits per heavy atom. The van der Waals surface area contributed by atoms with Crippen molar-refractivity contribution in [2.24, 2.45) is 0 Å². The predicted octanol–water partition coefficient (Wildman–Crippen LogP) is 5.94. The van der Waals surface area contributed by atoms with Crippen LogP contribution in [-0.4, -0.2) is 18.2 Å². The van der Waals surface area contributed by atoms with E-state index in [1.165, 1.54) is 43.5 Å². The van der Waals surface area contributed by atoms with E-state index in [2.05, 4.69) is 0 Å². The quantitative estimate of drug-likeness (QED) is 0.440. The molecule has 0 unspecified atom stereocenters. The molecule has 4 rings (SSSR count). The normalized spacial score (nSPS) is 10.9. The van der Waals surface area contributed by atoms with Crippen molar-refractivity contribution in [3.63, 3.8) is 0 Å². The van der Waals surface area contributed by atoms with Crippen molar-refractivity contribution in [3.8, 4) is 28.0 Å². The number of benzene rings is 4. The summed E-state index contributed by atoms with van der Waals surface area (Å²) in [7, 11) is 1.23. The summed E-state index contributed by atoms with van der Waals surface area (Å²) in [5.41, 5.74) is 2.14. The lowest BCUT2D eigenvalue weighted by atomic mass is 9.85. The van der Waals surface area contributed by atoms with Gasteiger partial charge in [-0.2, -0.15) is 0 Å². The van der Waals surface area contributed by atoms with Gasteiger partial charge in [-0.25, -0.2) is 13.6 Å². The third-order valence-corrected chi connectivity index (χ3v) is 4.84. The summed E-state index contributed by atoms with van der Waals surface area (Å²) >= 11 is 0. The van der Waals surface area contributed by atoms with Gasteiger partial charge in [0.2, 0.25) is 0 Å². The Labute approximate surface area is 165 Å². The van der Waals surface area contributed by atoms with Gasteiger partial charge in [0.25, 0.3) is 0 Å². The van der Waals surface area contributed by atoms with Crippen molar-refractivity contribution in [1.29, 1.82) is 0 Å². The van der Waals surface area contributed by atoms with E-state index in [9.17, 15) is 18.7 Å². The number of carbonyl (C=O) groups is 1. The van der Waals surface area contributed by atoms with Crippen LogP contribution in [0.3, 0.4) is 0 Å². The van der Waals surface area contributed by atoms with Crippen molar-refractivity contribution < 1.29 is 23.4 Å². The third-order valence-electron chi connectivity index (χ3n) is 4.84. The molecule has 0 saturated carbocycles. The summed E-state index contributed by atoms with van der Waals surface area (Å²) in [4.78, 5) is 12.7. The highest BCUT2D eigenvalue weighted by Crippen LogP contribution is 2.46. The van der Waals surface area contributed by atoms with Gasteiger partial charge in [-0.05, 0) is 46.3 Å². The molecule has 0 amide bonds. The van der Waals surface area contributed by atoms with Gasteiger partial charge in [0.1, 0.15) is 22.9 Å². The predicted molar refractivity (Wildman–Crippen MR) is 108 cm³/mol. The zero-order valence-electron chi connectivity index (χ0n) is 15.4. The zero-order chi connectivity index (χ0) is 20.5. The van der Waals surface area contributed by atoms with Crippen LogP contribution in [0.15, 0.2) is 72.8 Å². The Bertz CT molecular complexity index is 1210. The molecule has 4 aromatic rings. The number of hydrogen-bond acceptors (Lipinski definition) is 3. The Kier molecular flexibility index (Phi) is 4.72. The topological polar surface area (TPSA) is 46.5 Å². The number of fused-ring (bicyclic) bond motifs is 1. The van der Waals surface area contributed by atoms with Crippen LogP contribution < -0.4 is 0 Å². The van der Waals surface area contributed by atoms with Crippen molar-refractivity contribution in [1.82, 2.24) is 0 Å². The lowest BCUT2D eigenvalue weighted by Gasteiger charge is -2.19. The first kappa shape index (κ1) is 18.6. The van der Waals surface area contributed by atoms with E-state index in [-0.39, 0.29) is 11.3 Å². The number of esters is 1. The van der Waals surface area contributed by atoms with Crippen molar-refractivity contribution in [2.45, 2.75) is 0 Å². The molecule has 5 heteroatoms. The standard InChI is InChI=1S/C24H16F2O3/c1-29-24(28)22-21(15-8-12-17(26)13-9-15)20(14-6-10-16(25)11-7-14)18-4-2-3-5-19(18)23(22)27/h2-13,27H,1H3. The number of rotatable bonds is 3. The average molecular weight is 390 g/mol. The number of halogens is 2. The van der Waals surface area contributed by atoms with E-state index in [1.807, 2.05) is 6.07 Å². The number of methoxy groups -OCH3 is 1. The van der Waals surface area contributed by atoms with Crippen molar-refractivity contribution in [3.05, 3.63) is 90.0 Å². The molecule has 0 atom stereocenters. The summed E-state index contributed by atoms with van der Waals surface area (Å²) in [5, 5.41) is 12.1. The Morgan fingerprint density at radius 3 is 1.76 bits per heavy atom. The van der Waals surface area contributed by atoms with Gasteiger partial charge >= 0.3 is 5.97 Å². The van der Waals surface area contributed by atoms with E-state index in [4.69, 9.17) is 4.74 Å². The van der Waals surface area contributed by atoms with Gasteiger partial charge in [0, 0.05) is 10.9 Å². The van der Waals surface area contributed by atoms with Crippen LogP contribution in [0.2, 0.25) is 0 Å². The van der Waals surface area contributed by atoms with E-state index >= 15 is 0 Å². The Hall–Kier alpha value is -3.73. The number of phenols is 1. The molecule has 0 aromatic heterocycles. The summed E-state index contributed by atoms with van der Waals surface area (Å²) in [6.45, 7) is 0. The molecule has 0 heterocycles. The fourth-order valence-electron chi connectivity index (χ4n) is 3.54. The largest absolute Gasteiger partial charge is 0.506 e. The molecule has 29 heavy (non-hydrogen) atoms. The van der Waals surface area contributed by atoms with E-state index in [0.717, 1.165) is 0 Å². The number of hydrogen-bond donors (Lipinski definition) is 1. The van der Waals surface area contributed by atoms with Crippen LogP contribution in [0.5, 0.6) is 5.75 Å². The molecule has 0 spiro atoms. The zero-order valence-corrected chi connectivity index (χ0v) is 15.4. The van der Waals surface area contributed by atoms with Crippen LogP contribution in [0.4, 0.5) is 8.78 Å². The van der Waals surface area contributed by atoms with Gasteiger partial charge < -0.3 is 9.84 Å². The first-order valence-corrected chi connectivity index (χ1v) is 8.89. The van der Waals surface area contributed by atoms with Gasteiger partial charge in [-0.15, -0.1) is 0 Å². The van der Waals surface area contributed by atoms with Gasteiger partial charge in [-0.3, -0.25) is 0 Å². The van der Waals surface area contributed by atoms with E-state index in [0.29, 0.717) is 33.0 Å². The third kappa shape index (κ3) is 3.21. The van der Waals surface area contributed by atoms with E-state index in [1.54, 1.807) is 30.3 Å². The molecule has 4 aromatic carbocycles. The summed E-state index contributed by atoms with van der Waals surface area (Å²) in [5.74, 6) is -1.77. The minimum Gasteiger partial charge on any atom is -0.506 e. The van der Waals surface area contributed by atoms with Crippen LogP contribution in [0, 0.1) is 11.6 Å². The van der Waals surface area contributed by atoms with Crippen LogP contribution in [0.25, 0.3) is 33.0 Å². The molecule has 0 radical (unpaired) electrons. The molecule has 1 N–H and O–H groups in total. The fourth-order valence-corrected chi connectivity index (χ4v) is 3.54. The van der Waals surface area contributed by atoms with Crippen molar-refractivity contribution in [2.75, 3.05) is 7.11 Å². The molecular weight excluding hydrogens is 374 g/mol. The van der Waals surface area contributed by atoms with Crippen LogP contribution >= 0.6 is 0 Å². The Morgan fingerprint density at radius 2 is 1.24 bits per heavy atom. The van der Waals surface area contributed by atoms with Crippen LogP contribution in [-0.2, 0) is 4.74 Å². The second-order valence-corrected chi connectivity index (χ2v) is 6.52. The highest BCUT2D eigenvalue weighted by atomic mass is 19.1. The number of phenolic OH excluding ortho intramolecular Hbond substituents is 1. The lowest BCUT2D eigenvalue weighted by molar-refractivity contribution is 0.0598. The molecule has 0 fully saturated rings. The molecular formula is C24H16F2O3. The lowest BCUT2D eigenvalue weighted by Crippen LogP contribution is -2.06. The first-order chi connectivity index (χ1) is 14.0. The number of ether oxygens (including phenoxy) is 1. The minimum absolute atomic E-state index is 0.0304. The average Bonchev–Trinajstić information content (AvgIpc) is 2.74. The highest BCUT2D eigenvalue weighted by molar-refractivity contribution is 6.15. The summed E-state index contributed by atoms with van der Waals surface area (Å²) < 4.78 is 32.0. The smallest absolute Gasteiger partial charge is 0.342 e. The maximum Gasteiger partial charge on any atom is 0.342 e. The van der Waals surface area contributed by atoms with Gasteiger partial charge in [0.15, 0.2) is 0 Å². The Balaban J connectivity index is 2.22. The fraction of sp³-hybridized carbons (Fsp3) is 0.0417. The number of aromatic hydroxyl groups is 1. The van der Waals surface area contributed by atoms with Crippen molar-refractivity contribution >= 4 is 16.7 Å². The molecule has 3 nitrogen and oxygen atoms in total. The number of carbonyl (C=O) groups excluding carboxylic acids is 1. The maximum atomic E-state index is 13.6. The van der Waals surface area contributed by atoms with Gasteiger partial charge in [0.05, 0.1) is 7.11 Å². The summed E-state index contributed by atoms with van der Waals surface area (Å²) in [6.07, 6.45) is 0. The SMILES string of the molecule is COC(=O)c1c(-c2ccc(F)cc2)c(-c2ccc(F)cc2)c2ccccc2c1O. The van der Waals surface area contributed by atoms with E-state index < -0.39 is 17.6 Å². The second-order valence-electron chi connectivity index (χ2n) is 6.52. The first-order valence-electron chi connectivity index (χ1n) is 8.89. The van der Waals surface area contributed by atoms with Crippen LogP contribution in [0.1, 0.15) is 10.4 Å².